The van der Waals surface area contributed by atoms with Gasteiger partial charge in [0, 0.05) is 38.0 Å². The molecule has 2 rings (SSSR count). The Labute approximate surface area is 114 Å². The predicted octanol–water partition coefficient (Wildman–Crippen LogP) is 2.95. The first-order valence-electron chi connectivity index (χ1n) is 6.47. The number of aryl methyl sites for hydroxylation is 1. The molecule has 0 aliphatic carbocycles. The van der Waals surface area contributed by atoms with E-state index in [0.29, 0.717) is 0 Å². The van der Waals surface area contributed by atoms with Crippen molar-refractivity contribution in [3.8, 4) is 11.3 Å². The number of hydrogen-bond acceptors (Lipinski definition) is 4. The van der Waals surface area contributed by atoms with E-state index in [0.717, 1.165) is 29.4 Å². The van der Waals surface area contributed by atoms with Crippen LogP contribution in [-0.4, -0.2) is 30.6 Å². The van der Waals surface area contributed by atoms with Gasteiger partial charge in [-0.05, 0) is 26.0 Å². The number of benzene rings is 1. The first kappa shape index (κ1) is 13.3. The van der Waals surface area contributed by atoms with Crippen molar-refractivity contribution < 1.29 is 0 Å². The van der Waals surface area contributed by atoms with Gasteiger partial charge in [-0.25, -0.2) is 9.97 Å². The standard InChI is InChI=1S/C15H20N4/c1-5-16-15-10-14(17-11(2)18-15)12-6-8-13(9-7-12)19(3)4/h6-10H,5H2,1-4H3,(H,16,17,18). The summed E-state index contributed by atoms with van der Waals surface area (Å²) in [6.45, 7) is 4.83. The quantitative estimate of drug-likeness (QED) is 0.913. The van der Waals surface area contributed by atoms with E-state index in [1.54, 1.807) is 0 Å². The van der Waals surface area contributed by atoms with Gasteiger partial charge >= 0.3 is 0 Å². The maximum atomic E-state index is 4.50. The molecule has 2 aromatic rings. The van der Waals surface area contributed by atoms with Crippen LogP contribution in [0.1, 0.15) is 12.7 Å². The van der Waals surface area contributed by atoms with Crippen LogP contribution in [0.2, 0.25) is 0 Å². The van der Waals surface area contributed by atoms with Gasteiger partial charge in [-0.1, -0.05) is 12.1 Å². The Hall–Kier alpha value is -2.10. The molecule has 4 heteroatoms. The van der Waals surface area contributed by atoms with Gasteiger partial charge < -0.3 is 10.2 Å². The fourth-order valence-corrected chi connectivity index (χ4v) is 1.92. The van der Waals surface area contributed by atoms with Crippen LogP contribution >= 0.6 is 0 Å². The van der Waals surface area contributed by atoms with Crippen LogP contribution < -0.4 is 10.2 Å². The molecule has 0 saturated carbocycles. The first-order valence-corrected chi connectivity index (χ1v) is 6.47. The van der Waals surface area contributed by atoms with Gasteiger partial charge in [-0.3, -0.25) is 0 Å². The van der Waals surface area contributed by atoms with Crippen molar-refractivity contribution in [2.75, 3.05) is 30.9 Å². The number of nitrogens with zero attached hydrogens (tertiary/aromatic N) is 3. The van der Waals surface area contributed by atoms with E-state index in [1.165, 1.54) is 5.69 Å². The molecule has 19 heavy (non-hydrogen) atoms. The molecule has 1 aromatic carbocycles. The van der Waals surface area contributed by atoms with Crippen molar-refractivity contribution >= 4 is 11.5 Å². The zero-order valence-corrected chi connectivity index (χ0v) is 11.9. The largest absolute Gasteiger partial charge is 0.378 e. The number of aromatic nitrogens is 2. The van der Waals surface area contributed by atoms with Crippen LogP contribution in [0.15, 0.2) is 30.3 Å². The van der Waals surface area contributed by atoms with E-state index in [-0.39, 0.29) is 0 Å². The first-order chi connectivity index (χ1) is 9.10. The van der Waals surface area contributed by atoms with Gasteiger partial charge in [0.1, 0.15) is 11.6 Å². The molecule has 0 spiro atoms. The van der Waals surface area contributed by atoms with Crippen LogP contribution in [0.25, 0.3) is 11.3 Å². The average molecular weight is 256 g/mol. The lowest BCUT2D eigenvalue weighted by Crippen LogP contribution is -2.08. The maximum Gasteiger partial charge on any atom is 0.130 e. The molecule has 1 aromatic heterocycles. The number of rotatable bonds is 4. The van der Waals surface area contributed by atoms with Gasteiger partial charge in [0.05, 0.1) is 5.69 Å². The Morgan fingerprint density at radius 1 is 1.11 bits per heavy atom. The molecule has 4 nitrogen and oxygen atoms in total. The summed E-state index contributed by atoms with van der Waals surface area (Å²) >= 11 is 0. The van der Waals surface area contributed by atoms with Gasteiger partial charge in [0.25, 0.3) is 0 Å². The second-order valence-corrected chi connectivity index (χ2v) is 4.66. The maximum absolute atomic E-state index is 4.50. The number of nitrogens with one attached hydrogen (secondary N) is 1. The monoisotopic (exact) mass is 256 g/mol. The van der Waals surface area contributed by atoms with Crippen molar-refractivity contribution in [1.29, 1.82) is 0 Å². The fourth-order valence-electron chi connectivity index (χ4n) is 1.92. The van der Waals surface area contributed by atoms with Crippen molar-refractivity contribution in [2.24, 2.45) is 0 Å². The highest BCUT2D eigenvalue weighted by Gasteiger charge is 2.04. The third kappa shape index (κ3) is 3.22. The van der Waals surface area contributed by atoms with Crippen molar-refractivity contribution in [3.63, 3.8) is 0 Å². The summed E-state index contributed by atoms with van der Waals surface area (Å²) in [5, 5.41) is 3.23. The van der Waals surface area contributed by atoms with Gasteiger partial charge in [0.2, 0.25) is 0 Å². The number of anilines is 2. The second kappa shape index (κ2) is 5.69. The molecular weight excluding hydrogens is 236 g/mol. The lowest BCUT2D eigenvalue weighted by Gasteiger charge is -2.13. The Balaban J connectivity index is 2.35. The fraction of sp³-hybridized carbons (Fsp3) is 0.333. The lowest BCUT2D eigenvalue weighted by molar-refractivity contribution is 1.04. The molecule has 0 radical (unpaired) electrons. The van der Waals surface area contributed by atoms with Gasteiger partial charge in [-0.2, -0.15) is 0 Å². The average Bonchev–Trinajstić information content (AvgIpc) is 2.38. The van der Waals surface area contributed by atoms with E-state index >= 15 is 0 Å². The van der Waals surface area contributed by atoms with Crippen LogP contribution in [0.4, 0.5) is 11.5 Å². The highest BCUT2D eigenvalue weighted by Crippen LogP contribution is 2.22. The summed E-state index contributed by atoms with van der Waals surface area (Å²) in [5.41, 5.74) is 3.24. The summed E-state index contributed by atoms with van der Waals surface area (Å²) in [4.78, 5) is 10.9. The Morgan fingerprint density at radius 3 is 2.37 bits per heavy atom. The van der Waals surface area contributed by atoms with E-state index < -0.39 is 0 Å². The van der Waals surface area contributed by atoms with Gasteiger partial charge in [0.15, 0.2) is 0 Å². The SMILES string of the molecule is CCNc1cc(-c2ccc(N(C)C)cc2)nc(C)n1. The Morgan fingerprint density at radius 2 is 1.79 bits per heavy atom. The zero-order chi connectivity index (χ0) is 13.8. The Kier molecular flexibility index (Phi) is 4.00. The minimum atomic E-state index is 0.783. The van der Waals surface area contributed by atoms with Crippen LogP contribution in [-0.2, 0) is 0 Å². The van der Waals surface area contributed by atoms with Crippen molar-refractivity contribution in [1.82, 2.24) is 9.97 Å². The summed E-state index contributed by atoms with van der Waals surface area (Å²) in [7, 11) is 4.07. The van der Waals surface area contributed by atoms with Gasteiger partial charge in [-0.15, -0.1) is 0 Å². The molecule has 100 valence electrons. The van der Waals surface area contributed by atoms with Crippen molar-refractivity contribution in [2.45, 2.75) is 13.8 Å². The summed E-state index contributed by atoms with van der Waals surface area (Å²) in [5.74, 6) is 1.66. The van der Waals surface area contributed by atoms with E-state index in [1.807, 2.05) is 27.1 Å². The molecule has 0 saturated heterocycles. The van der Waals surface area contributed by atoms with E-state index in [2.05, 4.69) is 51.4 Å². The highest BCUT2D eigenvalue weighted by atomic mass is 15.1. The van der Waals surface area contributed by atoms with E-state index in [9.17, 15) is 0 Å². The molecule has 0 aliphatic rings. The minimum Gasteiger partial charge on any atom is -0.378 e. The van der Waals surface area contributed by atoms with Crippen LogP contribution in [0, 0.1) is 6.92 Å². The third-order valence-corrected chi connectivity index (χ3v) is 2.88. The molecule has 0 amide bonds. The topological polar surface area (TPSA) is 41.0 Å². The van der Waals surface area contributed by atoms with Crippen LogP contribution in [0.5, 0.6) is 0 Å². The molecular formula is C15H20N4. The molecule has 0 aliphatic heterocycles. The minimum absolute atomic E-state index is 0.783. The molecule has 0 unspecified atom stereocenters. The normalized spacial score (nSPS) is 10.3. The van der Waals surface area contributed by atoms with E-state index in [4.69, 9.17) is 0 Å². The van der Waals surface area contributed by atoms with Crippen molar-refractivity contribution in [3.05, 3.63) is 36.2 Å². The summed E-state index contributed by atoms with van der Waals surface area (Å²) in [6, 6.07) is 10.4. The third-order valence-electron chi connectivity index (χ3n) is 2.88. The molecule has 1 N–H and O–H groups in total. The zero-order valence-electron chi connectivity index (χ0n) is 11.9. The molecule has 0 fully saturated rings. The second-order valence-electron chi connectivity index (χ2n) is 4.66. The number of hydrogen-bond donors (Lipinski definition) is 1. The van der Waals surface area contributed by atoms with Crippen LogP contribution in [0.3, 0.4) is 0 Å². The predicted molar refractivity (Wildman–Crippen MR) is 80.7 cm³/mol. The molecule has 0 atom stereocenters. The highest BCUT2D eigenvalue weighted by molar-refractivity contribution is 5.65. The Bertz CT molecular complexity index is 547. The smallest absolute Gasteiger partial charge is 0.130 e. The molecule has 1 heterocycles. The summed E-state index contributed by atoms with van der Waals surface area (Å²) in [6.07, 6.45) is 0. The summed E-state index contributed by atoms with van der Waals surface area (Å²) < 4.78 is 0. The molecule has 0 bridgehead atoms. The lowest BCUT2D eigenvalue weighted by atomic mass is 10.1.